The fraction of sp³-hybridized carbons (Fsp3) is 0.333. The molecular weight excluding hydrogens is 427 g/mol. The lowest BCUT2D eigenvalue weighted by atomic mass is 10.2. The van der Waals surface area contributed by atoms with Crippen LogP contribution in [0.5, 0.6) is 0 Å². The summed E-state index contributed by atoms with van der Waals surface area (Å²) in [5, 5.41) is 7.65. The zero-order valence-electron chi connectivity index (χ0n) is 12.9. The molecule has 7 heteroatoms. The van der Waals surface area contributed by atoms with Crippen LogP contribution in [0.25, 0.3) is 0 Å². The van der Waals surface area contributed by atoms with Crippen molar-refractivity contribution in [1.29, 1.82) is 0 Å². The molecule has 0 bridgehead atoms. The maximum atomic E-state index is 4.33. The number of halogens is 1. The number of benzene rings is 1. The Kier molecular flexibility index (Phi) is 8.81. The largest absolute Gasteiger partial charge is 0.352 e. The van der Waals surface area contributed by atoms with E-state index in [4.69, 9.17) is 0 Å². The van der Waals surface area contributed by atoms with Crippen molar-refractivity contribution in [3.63, 3.8) is 0 Å². The number of aromatic nitrogens is 1. The van der Waals surface area contributed by atoms with Crippen molar-refractivity contribution in [1.82, 2.24) is 15.6 Å². The van der Waals surface area contributed by atoms with Crippen LogP contribution in [0.4, 0.5) is 0 Å². The van der Waals surface area contributed by atoms with Crippen molar-refractivity contribution in [2.45, 2.75) is 24.9 Å². The van der Waals surface area contributed by atoms with E-state index >= 15 is 0 Å². The van der Waals surface area contributed by atoms with E-state index in [1.165, 1.54) is 15.3 Å². The summed E-state index contributed by atoms with van der Waals surface area (Å²) in [6, 6.07) is 8.54. The molecule has 0 amide bonds. The Bertz CT molecular complexity index is 596. The van der Waals surface area contributed by atoms with Crippen LogP contribution in [-0.2, 0) is 13.1 Å². The minimum atomic E-state index is 0. The number of thioether (sulfide) groups is 1. The quantitative estimate of drug-likeness (QED) is 0.317. The summed E-state index contributed by atoms with van der Waals surface area (Å²) in [7, 11) is 1.78. The zero-order chi connectivity index (χ0) is 15.1. The van der Waals surface area contributed by atoms with Crippen molar-refractivity contribution in [2.75, 3.05) is 13.3 Å². The number of nitrogens with zero attached hydrogens (tertiary/aromatic N) is 2. The smallest absolute Gasteiger partial charge is 0.191 e. The van der Waals surface area contributed by atoms with E-state index in [1.807, 2.05) is 6.20 Å². The molecule has 2 rings (SSSR count). The molecule has 0 fully saturated rings. The van der Waals surface area contributed by atoms with E-state index in [9.17, 15) is 0 Å². The average Bonchev–Trinajstić information content (AvgIpc) is 2.93. The van der Waals surface area contributed by atoms with Crippen molar-refractivity contribution in [3.8, 4) is 0 Å². The molecule has 22 heavy (non-hydrogen) atoms. The molecule has 0 saturated carbocycles. The summed E-state index contributed by atoms with van der Waals surface area (Å²) in [5.41, 5.74) is 1.24. The van der Waals surface area contributed by atoms with E-state index in [2.05, 4.69) is 58.1 Å². The molecule has 1 heterocycles. The van der Waals surface area contributed by atoms with E-state index < -0.39 is 0 Å². The highest BCUT2D eigenvalue weighted by Gasteiger charge is 2.02. The third kappa shape index (κ3) is 6.13. The summed E-state index contributed by atoms with van der Waals surface area (Å²) in [5.74, 6) is 0.789. The van der Waals surface area contributed by atoms with Gasteiger partial charge in [-0.3, -0.25) is 4.99 Å². The predicted octanol–water partition coefficient (Wildman–Crippen LogP) is 3.66. The van der Waals surface area contributed by atoms with Crippen LogP contribution in [0.1, 0.15) is 15.4 Å². The number of aliphatic imine (C=N–C) groups is 1. The zero-order valence-corrected chi connectivity index (χ0v) is 16.9. The highest BCUT2D eigenvalue weighted by molar-refractivity contribution is 14.0. The van der Waals surface area contributed by atoms with Crippen molar-refractivity contribution in [3.05, 3.63) is 45.9 Å². The second kappa shape index (κ2) is 10.1. The van der Waals surface area contributed by atoms with Gasteiger partial charge in [0.05, 0.1) is 6.54 Å². The van der Waals surface area contributed by atoms with Gasteiger partial charge in [0.15, 0.2) is 5.96 Å². The van der Waals surface area contributed by atoms with Gasteiger partial charge in [-0.05, 0) is 30.9 Å². The van der Waals surface area contributed by atoms with Crippen LogP contribution >= 0.6 is 47.1 Å². The molecule has 0 unspecified atom stereocenters. The molecule has 0 atom stereocenters. The van der Waals surface area contributed by atoms with Crippen LogP contribution < -0.4 is 10.6 Å². The second-order valence-corrected chi connectivity index (χ2v) is 6.69. The first-order valence-electron chi connectivity index (χ1n) is 6.70. The SMILES string of the molecule is CN=C(NCc1ccc(SC)cc1)NCc1ncc(C)s1.I. The molecule has 0 aliphatic heterocycles. The summed E-state index contributed by atoms with van der Waals surface area (Å²) in [6.45, 7) is 3.52. The van der Waals surface area contributed by atoms with Crippen LogP contribution in [0, 0.1) is 6.92 Å². The Balaban J connectivity index is 0.00000242. The van der Waals surface area contributed by atoms with Crippen molar-refractivity contribution >= 4 is 53.0 Å². The fourth-order valence-corrected chi connectivity index (χ4v) is 2.93. The first-order valence-corrected chi connectivity index (χ1v) is 8.74. The third-order valence-electron chi connectivity index (χ3n) is 2.92. The fourth-order valence-electron chi connectivity index (χ4n) is 1.79. The van der Waals surface area contributed by atoms with E-state index in [0.29, 0.717) is 6.54 Å². The normalized spacial score (nSPS) is 11.0. The molecule has 0 spiro atoms. The Labute approximate surface area is 157 Å². The third-order valence-corrected chi connectivity index (χ3v) is 4.58. The lowest BCUT2D eigenvalue weighted by molar-refractivity contribution is 0.804. The standard InChI is InChI=1S/C15H20N4S2.HI/c1-11-8-17-14(21-11)10-19-15(16-2)18-9-12-4-6-13(20-3)7-5-12;/h4-8H,9-10H2,1-3H3,(H2,16,18,19);1H. The predicted molar refractivity (Wildman–Crippen MR) is 108 cm³/mol. The number of aryl methyl sites for hydroxylation is 1. The summed E-state index contributed by atoms with van der Waals surface area (Å²) in [6.07, 6.45) is 3.98. The van der Waals surface area contributed by atoms with Crippen LogP contribution in [0.2, 0.25) is 0 Å². The number of guanidine groups is 1. The highest BCUT2D eigenvalue weighted by Crippen LogP contribution is 2.14. The summed E-state index contributed by atoms with van der Waals surface area (Å²) < 4.78 is 0. The molecule has 0 radical (unpaired) electrons. The summed E-state index contributed by atoms with van der Waals surface area (Å²) >= 11 is 3.45. The van der Waals surface area contributed by atoms with Gasteiger partial charge < -0.3 is 10.6 Å². The Hall–Kier alpha value is -0.800. The van der Waals surface area contributed by atoms with Gasteiger partial charge in [-0.1, -0.05) is 12.1 Å². The van der Waals surface area contributed by atoms with Crippen molar-refractivity contribution in [2.24, 2.45) is 4.99 Å². The minimum absolute atomic E-state index is 0. The van der Waals surface area contributed by atoms with Gasteiger partial charge >= 0.3 is 0 Å². The van der Waals surface area contributed by atoms with E-state index in [0.717, 1.165) is 17.5 Å². The van der Waals surface area contributed by atoms with Gasteiger partial charge in [0, 0.05) is 29.6 Å². The lowest BCUT2D eigenvalue weighted by Gasteiger charge is -2.11. The maximum Gasteiger partial charge on any atom is 0.191 e. The Morgan fingerprint density at radius 2 is 1.91 bits per heavy atom. The number of nitrogens with one attached hydrogen (secondary N) is 2. The van der Waals surface area contributed by atoms with E-state index in [-0.39, 0.29) is 24.0 Å². The first-order chi connectivity index (χ1) is 10.2. The molecule has 0 aliphatic rings. The maximum absolute atomic E-state index is 4.33. The first kappa shape index (κ1) is 19.2. The molecule has 4 nitrogen and oxygen atoms in total. The van der Waals surface area contributed by atoms with Gasteiger partial charge in [-0.25, -0.2) is 4.98 Å². The monoisotopic (exact) mass is 448 g/mol. The number of rotatable bonds is 5. The van der Waals surface area contributed by atoms with E-state index in [1.54, 1.807) is 30.1 Å². The van der Waals surface area contributed by atoms with Crippen LogP contribution in [0.15, 0.2) is 40.4 Å². The van der Waals surface area contributed by atoms with Crippen molar-refractivity contribution < 1.29 is 0 Å². The second-order valence-electron chi connectivity index (χ2n) is 4.49. The molecule has 2 N–H and O–H groups in total. The molecule has 1 aromatic carbocycles. The number of hydrogen-bond acceptors (Lipinski definition) is 4. The molecule has 0 saturated heterocycles. The molecule has 2 aromatic rings. The Morgan fingerprint density at radius 3 is 2.45 bits per heavy atom. The van der Waals surface area contributed by atoms with Gasteiger partial charge in [0.25, 0.3) is 0 Å². The molecule has 1 aromatic heterocycles. The van der Waals surface area contributed by atoms with Gasteiger partial charge in [0.1, 0.15) is 5.01 Å². The van der Waals surface area contributed by atoms with Gasteiger partial charge in [-0.15, -0.1) is 47.1 Å². The highest BCUT2D eigenvalue weighted by atomic mass is 127. The van der Waals surface area contributed by atoms with Crippen LogP contribution in [0.3, 0.4) is 0 Å². The summed E-state index contributed by atoms with van der Waals surface area (Å²) in [4.78, 5) is 11.1. The molecule has 0 aliphatic carbocycles. The molecular formula is C15H21IN4S2. The van der Waals surface area contributed by atoms with Crippen LogP contribution in [-0.4, -0.2) is 24.2 Å². The van der Waals surface area contributed by atoms with Gasteiger partial charge in [-0.2, -0.15) is 0 Å². The lowest BCUT2D eigenvalue weighted by Crippen LogP contribution is -2.36. The van der Waals surface area contributed by atoms with Gasteiger partial charge in [0.2, 0.25) is 0 Å². The number of thiazole rings is 1. The minimum Gasteiger partial charge on any atom is -0.352 e. The molecule has 120 valence electrons. The number of hydrogen-bond donors (Lipinski definition) is 2. The topological polar surface area (TPSA) is 49.3 Å². The Morgan fingerprint density at radius 1 is 1.23 bits per heavy atom. The average molecular weight is 448 g/mol.